The molecule has 0 bridgehead atoms. The summed E-state index contributed by atoms with van der Waals surface area (Å²) in [7, 11) is -3.06. The molecule has 5 nitrogen and oxygen atoms in total. The molecule has 1 aliphatic rings. The number of carbonyl (C=O) groups is 1. The third kappa shape index (κ3) is 3.79. The lowest BCUT2D eigenvalue weighted by molar-refractivity contribution is -0.119. The van der Waals surface area contributed by atoms with E-state index in [0.717, 1.165) is 17.7 Å². The van der Waals surface area contributed by atoms with E-state index in [-0.39, 0.29) is 17.4 Å². The van der Waals surface area contributed by atoms with Crippen molar-refractivity contribution >= 4 is 32.2 Å². The van der Waals surface area contributed by atoms with Gasteiger partial charge in [-0.25, -0.2) is 13.4 Å². The summed E-state index contributed by atoms with van der Waals surface area (Å²) >= 11 is 1.35. The first-order valence-corrected chi connectivity index (χ1v) is 10.2. The molecule has 0 aliphatic carbocycles. The second-order valence-electron chi connectivity index (χ2n) is 5.68. The number of thiazole rings is 1. The average Bonchev–Trinajstić information content (AvgIpc) is 3.14. The number of amides is 1. The van der Waals surface area contributed by atoms with Crippen LogP contribution in [0.1, 0.15) is 18.9 Å². The largest absolute Gasteiger partial charge is 0.302 e. The van der Waals surface area contributed by atoms with Gasteiger partial charge in [0.25, 0.3) is 0 Å². The summed E-state index contributed by atoms with van der Waals surface area (Å²) in [4.78, 5) is 16.5. The zero-order valence-electron chi connectivity index (χ0n) is 12.8. The maximum atomic E-state index is 12.1. The topological polar surface area (TPSA) is 76.1 Å². The van der Waals surface area contributed by atoms with E-state index in [4.69, 9.17) is 0 Å². The van der Waals surface area contributed by atoms with Crippen LogP contribution in [0, 0.1) is 5.92 Å². The van der Waals surface area contributed by atoms with E-state index >= 15 is 0 Å². The highest BCUT2D eigenvalue weighted by Gasteiger charge is 2.33. The van der Waals surface area contributed by atoms with Crippen molar-refractivity contribution in [1.29, 1.82) is 0 Å². The van der Waals surface area contributed by atoms with Gasteiger partial charge in [0.15, 0.2) is 15.0 Å². The van der Waals surface area contributed by atoms with E-state index in [1.807, 2.05) is 17.5 Å². The quantitative estimate of drug-likeness (QED) is 0.920. The van der Waals surface area contributed by atoms with Gasteiger partial charge in [0.2, 0.25) is 5.91 Å². The van der Waals surface area contributed by atoms with Crippen molar-refractivity contribution in [1.82, 2.24) is 4.98 Å². The van der Waals surface area contributed by atoms with Crippen LogP contribution in [0.4, 0.5) is 5.13 Å². The number of rotatable bonds is 4. The number of aryl methyl sites for hydroxylation is 1. The lowest BCUT2D eigenvalue weighted by atomic mass is 10.1. The second-order valence-corrected chi connectivity index (χ2v) is 8.76. The molecule has 0 spiro atoms. The van der Waals surface area contributed by atoms with Gasteiger partial charge in [-0.2, -0.15) is 0 Å². The van der Waals surface area contributed by atoms with Crippen LogP contribution in [-0.4, -0.2) is 30.8 Å². The molecule has 2 heterocycles. The van der Waals surface area contributed by atoms with Crippen molar-refractivity contribution in [2.45, 2.75) is 19.8 Å². The summed E-state index contributed by atoms with van der Waals surface area (Å²) in [6.45, 7) is 2.11. The Morgan fingerprint density at radius 3 is 2.70 bits per heavy atom. The van der Waals surface area contributed by atoms with Crippen molar-refractivity contribution in [3.8, 4) is 11.3 Å². The Morgan fingerprint density at radius 1 is 1.35 bits per heavy atom. The summed E-state index contributed by atoms with van der Waals surface area (Å²) < 4.78 is 22.9. The number of hydrogen-bond acceptors (Lipinski definition) is 5. The first-order chi connectivity index (χ1) is 11.0. The predicted molar refractivity (Wildman–Crippen MR) is 92.3 cm³/mol. The number of carbonyl (C=O) groups excluding carboxylic acids is 1. The van der Waals surface area contributed by atoms with Gasteiger partial charge in [0, 0.05) is 10.9 Å². The molecule has 3 rings (SSSR count). The number of benzene rings is 1. The summed E-state index contributed by atoms with van der Waals surface area (Å²) in [6.07, 6.45) is 1.38. The van der Waals surface area contributed by atoms with E-state index in [2.05, 4.69) is 29.4 Å². The number of aromatic nitrogens is 1. The Balaban J connectivity index is 1.68. The first kappa shape index (κ1) is 16.1. The van der Waals surface area contributed by atoms with Crippen LogP contribution in [0.15, 0.2) is 29.6 Å². The zero-order chi connectivity index (χ0) is 16.4. The Kier molecular flexibility index (Phi) is 4.50. The minimum absolute atomic E-state index is 0.0600. The third-order valence-electron chi connectivity index (χ3n) is 4.00. The molecule has 1 fully saturated rings. The lowest BCUT2D eigenvalue weighted by Crippen LogP contribution is -2.23. The molecule has 1 aliphatic heterocycles. The molecule has 1 atom stereocenters. The fourth-order valence-corrected chi connectivity index (χ4v) is 5.05. The fraction of sp³-hybridized carbons (Fsp3) is 0.375. The number of anilines is 1. The van der Waals surface area contributed by atoms with Crippen LogP contribution >= 0.6 is 11.3 Å². The van der Waals surface area contributed by atoms with Gasteiger partial charge in [0.1, 0.15) is 0 Å². The summed E-state index contributed by atoms with van der Waals surface area (Å²) in [5.74, 6) is -0.683. The van der Waals surface area contributed by atoms with Gasteiger partial charge >= 0.3 is 0 Å². The molecule has 1 aromatic carbocycles. The molecular formula is C16H18N2O3S2. The molecule has 7 heteroatoms. The molecule has 1 amide bonds. The van der Waals surface area contributed by atoms with E-state index in [9.17, 15) is 13.2 Å². The van der Waals surface area contributed by atoms with Crippen LogP contribution < -0.4 is 5.32 Å². The van der Waals surface area contributed by atoms with Gasteiger partial charge in [-0.1, -0.05) is 31.2 Å². The molecule has 2 aromatic rings. The van der Waals surface area contributed by atoms with Crippen LogP contribution in [0.3, 0.4) is 0 Å². The molecule has 0 saturated carbocycles. The Labute approximate surface area is 139 Å². The first-order valence-electron chi connectivity index (χ1n) is 7.53. The van der Waals surface area contributed by atoms with Crippen molar-refractivity contribution in [3.63, 3.8) is 0 Å². The van der Waals surface area contributed by atoms with E-state index in [1.54, 1.807) is 0 Å². The highest BCUT2D eigenvalue weighted by molar-refractivity contribution is 7.91. The summed E-state index contributed by atoms with van der Waals surface area (Å²) in [5.41, 5.74) is 3.08. The summed E-state index contributed by atoms with van der Waals surface area (Å²) in [6, 6.07) is 8.17. The summed E-state index contributed by atoms with van der Waals surface area (Å²) in [5, 5.41) is 5.14. The number of nitrogens with one attached hydrogen (secondary N) is 1. The maximum absolute atomic E-state index is 12.1. The van der Waals surface area contributed by atoms with Gasteiger partial charge < -0.3 is 5.32 Å². The van der Waals surface area contributed by atoms with E-state index in [0.29, 0.717) is 11.6 Å². The van der Waals surface area contributed by atoms with Crippen molar-refractivity contribution in [2.75, 3.05) is 16.8 Å². The second kappa shape index (κ2) is 6.41. The Bertz CT molecular complexity index is 810. The van der Waals surface area contributed by atoms with Crippen LogP contribution in [0.2, 0.25) is 0 Å². The van der Waals surface area contributed by atoms with Crippen molar-refractivity contribution in [2.24, 2.45) is 5.92 Å². The highest BCUT2D eigenvalue weighted by atomic mass is 32.2. The highest BCUT2D eigenvalue weighted by Crippen LogP contribution is 2.27. The molecule has 0 radical (unpaired) electrons. The number of sulfone groups is 1. The lowest BCUT2D eigenvalue weighted by Gasteiger charge is -2.06. The zero-order valence-corrected chi connectivity index (χ0v) is 14.4. The normalized spacial score (nSPS) is 19.6. The van der Waals surface area contributed by atoms with Gasteiger partial charge in [-0.3, -0.25) is 4.79 Å². The predicted octanol–water partition coefficient (Wildman–Crippen LogP) is 2.75. The minimum Gasteiger partial charge on any atom is -0.302 e. The van der Waals surface area contributed by atoms with E-state index in [1.165, 1.54) is 16.9 Å². The molecule has 0 unspecified atom stereocenters. The minimum atomic E-state index is -3.06. The van der Waals surface area contributed by atoms with Crippen LogP contribution in [-0.2, 0) is 21.1 Å². The molecule has 122 valence electrons. The van der Waals surface area contributed by atoms with Gasteiger partial charge in [0.05, 0.1) is 23.1 Å². The van der Waals surface area contributed by atoms with Crippen LogP contribution in [0.5, 0.6) is 0 Å². The number of nitrogens with zero attached hydrogens (tertiary/aromatic N) is 1. The fourth-order valence-electron chi connectivity index (χ4n) is 2.58. The standard InChI is InChI=1S/C16H18N2O3S2/c1-2-11-3-5-12(6-4-11)14-9-22-16(17-14)18-15(19)13-7-8-23(20,21)10-13/h3-6,9,13H,2,7-8,10H2,1H3,(H,17,18,19)/t13-/m0/s1. The smallest absolute Gasteiger partial charge is 0.230 e. The average molecular weight is 350 g/mol. The van der Waals surface area contributed by atoms with Gasteiger partial charge in [-0.15, -0.1) is 11.3 Å². The van der Waals surface area contributed by atoms with Crippen LogP contribution in [0.25, 0.3) is 11.3 Å². The monoisotopic (exact) mass is 350 g/mol. The van der Waals surface area contributed by atoms with Crippen molar-refractivity contribution < 1.29 is 13.2 Å². The van der Waals surface area contributed by atoms with Crippen molar-refractivity contribution in [3.05, 3.63) is 35.2 Å². The Hall–Kier alpha value is -1.73. The molecule has 1 aromatic heterocycles. The Morgan fingerprint density at radius 2 is 2.09 bits per heavy atom. The van der Waals surface area contributed by atoms with Gasteiger partial charge in [-0.05, 0) is 18.4 Å². The SMILES string of the molecule is CCc1ccc(-c2csc(NC(=O)[C@H]3CCS(=O)(=O)C3)n2)cc1. The maximum Gasteiger partial charge on any atom is 0.230 e. The molecule has 1 saturated heterocycles. The molecule has 23 heavy (non-hydrogen) atoms. The molecule has 1 N–H and O–H groups in total. The third-order valence-corrected chi connectivity index (χ3v) is 6.52. The van der Waals surface area contributed by atoms with E-state index < -0.39 is 15.8 Å². The number of hydrogen-bond donors (Lipinski definition) is 1. The molecular weight excluding hydrogens is 332 g/mol.